The van der Waals surface area contributed by atoms with E-state index in [1.165, 1.54) is 0 Å². The molecule has 0 fully saturated rings. The number of nitrogens with one attached hydrogen (secondary N) is 1. The maximum absolute atomic E-state index is 12.0. The van der Waals surface area contributed by atoms with Crippen molar-refractivity contribution in [3.05, 3.63) is 52.0 Å². The summed E-state index contributed by atoms with van der Waals surface area (Å²) in [6.07, 6.45) is 0. The standard InChI is InChI=1S/C17H13BrClN3O3S/c1-24-12-5-2-10(3-6-12)16-21-22-17(25-16)26-9-15(23)20-11-4-7-13(18)14(19)8-11/h2-8H,9H2,1H3,(H,20,23). The number of benzene rings is 2. The quantitative estimate of drug-likeness (QED) is 0.534. The molecule has 0 radical (unpaired) electrons. The average Bonchev–Trinajstić information content (AvgIpc) is 3.12. The Labute approximate surface area is 167 Å². The minimum Gasteiger partial charge on any atom is -0.497 e. The zero-order valence-electron chi connectivity index (χ0n) is 13.5. The van der Waals surface area contributed by atoms with Crippen LogP contribution in [-0.4, -0.2) is 29.0 Å². The minimum atomic E-state index is -0.197. The first-order valence-corrected chi connectivity index (χ1v) is 9.56. The highest BCUT2D eigenvalue weighted by Crippen LogP contribution is 2.27. The Morgan fingerprint density at radius 2 is 2.04 bits per heavy atom. The second-order valence-corrected chi connectivity index (χ2v) is 7.26. The zero-order valence-corrected chi connectivity index (χ0v) is 16.7. The van der Waals surface area contributed by atoms with Crippen LogP contribution in [0.3, 0.4) is 0 Å². The third-order valence-electron chi connectivity index (χ3n) is 3.27. The van der Waals surface area contributed by atoms with Gasteiger partial charge in [-0.25, -0.2) is 0 Å². The van der Waals surface area contributed by atoms with Crippen LogP contribution in [0.1, 0.15) is 0 Å². The van der Waals surface area contributed by atoms with Gasteiger partial charge in [0, 0.05) is 15.7 Å². The van der Waals surface area contributed by atoms with Gasteiger partial charge in [0.1, 0.15) is 5.75 Å². The molecule has 0 atom stereocenters. The molecular weight excluding hydrogens is 442 g/mol. The molecule has 0 aliphatic rings. The van der Waals surface area contributed by atoms with Gasteiger partial charge in [-0.15, -0.1) is 10.2 Å². The van der Waals surface area contributed by atoms with E-state index < -0.39 is 0 Å². The van der Waals surface area contributed by atoms with Gasteiger partial charge in [-0.1, -0.05) is 23.4 Å². The lowest BCUT2D eigenvalue weighted by atomic mass is 10.2. The molecule has 1 amide bonds. The summed E-state index contributed by atoms with van der Waals surface area (Å²) < 4.78 is 11.5. The van der Waals surface area contributed by atoms with Crippen molar-refractivity contribution in [2.24, 2.45) is 0 Å². The lowest BCUT2D eigenvalue weighted by Gasteiger charge is -2.05. The van der Waals surface area contributed by atoms with Crippen molar-refractivity contribution < 1.29 is 13.9 Å². The topological polar surface area (TPSA) is 77.2 Å². The minimum absolute atomic E-state index is 0.137. The van der Waals surface area contributed by atoms with E-state index in [1.54, 1.807) is 25.3 Å². The Morgan fingerprint density at radius 3 is 2.73 bits per heavy atom. The number of hydrogen-bond acceptors (Lipinski definition) is 6. The third kappa shape index (κ3) is 4.78. The van der Waals surface area contributed by atoms with E-state index in [1.807, 2.05) is 24.3 Å². The predicted molar refractivity (Wildman–Crippen MR) is 105 cm³/mol. The van der Waals surface area contributed by atoms with E-state index in [2.05, 4.69) is 31.4 Å². The van der Waals surface area contributed by atoms with Gasteiger partial charge in [0.05, 0.1) is 17.9 Å². The molecule has 134 valence electrons. The number of hydrogen-bond donors (Lipinski definition) is 1. The second-order valence-electron chi connectivity index (χ2n) is 5.07. The van der Waals surface area contributed by atoms with E-state index in [9.17, 15) is 4.79 Å². The normalized spacial score (nSPS) is 10.6. The largest absolute Gasteiger partial charge is 0.497 e. The predicted octanol–water partition coefficient (Wildman–Crippen LogP) is 4.89. The van der Waals surface area contributed by atoms with E-state index >= 15 is 0 Å². The Hall–Kier alpha value is -2.03. The Kier molecular flexibility index (Phi) is 6.18. The summed E-state index contributed by atoms with van der Waals surface area (Å²) in [6, 6.07) is 12.5. The van der Waals surface area contributed by atoms with Gasteiger partial charge >= 0.3 is 0 Å². The zero-order chi connectivity index (χ0) is 18.5. The lowest BCUT2D eigenvalue weighted by Crippen LogP contribution is -2.13. The summed E-state index contributed by atoms with van der Waals surface area (Å²) in [5.74, 6) is 1.07. The number of ether oxygens (including phenoxy) is 1. The summed E-state index contributed by atoms with van der Waals surface area (Å²) in [5.41, 5.74) is 1.40. The van der Waals surface area contributed by atoms with Crippen molar-refractivity contribution in [3.63, 3.8) is 0 Å². The van der Waals surface area contributed by atoms with Crippen molar-refractivity contribution >= 4 is 50.9 Å². The Morgan fingerprint density at radius 1 is 1.27 bits per heavy atom. The van der Waals surface area contributed by atoms with Gasteiger partial charge in [0.15, 0.2) is 0 Å². The number of nitrogens with zero attached hydrogens (tertiary/aromatic N) is 2. The highest BCUT2D eigenvalue weighted by Gasteiger charge is 2.12. The lowest BCUT2D eigenvalue weighted by molar-refractivity contribution is -0.113. The van der Waals surface area contributed by atoms with Crippen molar-refractivity contribution in [2.75, 3.05) is 18.2 Å². The number of methoxy groups -OCH3 is 1. The number of carbonyl (C=O) groups is 1. The molecule has 0 bridgehead atoms. The second kappa shape index (κ2) is 8.57. The monoisotopic (exact) mass is 453 g/mol. The van der Waals surface area contributed by atoms with Crippen LogP contribution in [0, 0.1) is 0 Å². The highest BCUT2D eigenvalue weighted by molar-refractivity contribution is 9.10. The molecule has 1 aromatic heterocycles. The SMILES string of the molecule is COc1ccc(-c2nnc(SCC(=O)Nc3ccc(Br)c(Cl)c3)o2)cc1. The fraction of sp³-hybridized carbons (Fsp3) is 0.118. The number of halogens is 2. The Balaban J connectivity index is 1.56. The maximum Gasteiger partial charge on any atom is 0.277 e. The number of carbonyl (C=O) groups excluding carboxylic acids is 1. The van der Waals surface area contributed by atoms with Crippen LogP contribution in [0.2, 0.25) is 5.02 Å². The van der Waals surface area contributed by atoms with Crippen LogP contribution in [0.15, 0.2) is 56.6 Å². The number of anilines is 1. The summed E-state index contributed by atoms with van der Waals surface area (Å²) >= 11 is 10.5. The van der Waals surface area contributed by atoms with Crippen molar-refractivity contribution in [3.8, 4) is 17.2 Å². The van der Waals surface area contributed by atoms with Gasteiger partial charge in [0.2, 0.25) is 11.8 Å². The number of rotatable bonds is 6. The molecule has 1 heterocycles. The molecule has 0 unspecified atom stereocenters. The molecule has 0 aliphatic carbocycles. The van der Waals surface area contributed by atoms with E-state index in [0.29, 0.717) is 21.8 Å². The van der Waals surface area contributed by atoms with Crippen LogP contribution >= 0.6 is 39.3 Å². The Bertz CT molecular complexity index is 918. The summed E-state index contributed by atoms with van der Waals surface area (Å²) in [7, 11) is 1.60. The van der Waals surface area contributed by atoms with Gasteiger partial charge < -0.3 is 14.5 Å². The molecular formula is C17H13BrClN3O3S. The molecule has 0 spiro atoms. The first kappa shape index (κ1) is 18.8. The van der Waals surface area contributed by atoms with Gasteiger partial charge in [-0.3, -0.25) is 4.79 Å². The van der Waals surface area contributed by atoms with Gasteiger partial charge in [-0.2, -0.15) is 0 Å². The maximum atomic E-state index is 12.0. The summed E-state index contributed by atoms with van der Waals surface area (Å²) in [4.78, 5) is 12.0. The van der Waals surface area contributed by atoms with Crippen molar-refractivity contribution in [1.82, 2.24) is 10.2 Å². The van der Waals surface area contributed by atoms with Crippen molar-refractivity contribution in [2.45, 2.75) is 5.22 Å². The third-order valence-corrected chi connectivity index (χ3v) is 5.32. The first-order valence-electron chi connectivity index (χ1n) is 7.41. The average molecular weight is 455 g/mol. The molecule has 2 aromatic carbocycles. The number of thioether (sulfide) groups is 1. The molecule has 0 saturated carbocycles. The van der Waals surface area contributed by atoms with E-state index in [4.69, 9.17) is 20.8 Å². The highest BCUT2D eigenvalue weighted by atomic mass is 79.9. The molecule has 9 heteroatoms. The fourth-order valence-corrected chi connectivity index (χ4v) is 3.01. The van der Waals surface area contributed by atoms with Crippen LogP contribution in [0.5, 0.6) is 5.75 Å². The van der Waals surface area contributed by atoms with Gasteiger partial charge in [0.25, 0.3) is 5.22 Å². The van der Waals surface area contributed by atoms with Gasteiger partial charge in [-0.05, 0) is 58.4 Å². The number of aromatic nitrogens is 2. The smallest absolute Gasteiger partial charge is 0.277 e. The molecule has 3 rings (SSSR count). The molecule has 3 aromatic rings. The molecule has 0 saturated heterocycles. The van der Waals surface area contributed by atoms with E-state index in [-0.39, 0.29) is 11.7 Å². The molecule has 1 N–H and O–H groups in total. The van der Waals surface area contributed by atoms with Crippen molar-refractivity contribution in [1.29, 1.82) is 0 Å². The fourth-order valence-electron chi connectivity index (χ4n) is 2.02. The van der Waals surface area contributed by atoms with Crippen LogP contribution in [0.25, 0.3) is 11.5 Å². The van der Waals surface area contributed by atoms with E-state index in [0.717, 1.165) is 27.5 Å². The van der Waals surface area contributed by atoms with Crippen LogP contribution in [0.4, 0.5) is 5.69 Å². The van der Waals surface area contributed by atoms with Crippen LogP contribution < -0.4 is 10.1 Å². The number of amides is 1. The molecule has 0 aliphatic heterocycles. The first-order chi connectivity index (χ1) is 12.5. The summed E-state index contributed by atoms with van der Waals surface area (Å²) in [6.45, 7) is 0. The summed E-state index contributed by atoms with van der Waals surface area (Å²) in [5, 5.41) is 11.5. The molecule has 26 heavy (non-hydrogen) atoms. The molecule has 6 nitrogen and oxygen atoms in total. The van der Waals surface area contributed by atoms with Crippen LogP contribution in [-0.2, 0) is 4.79 Å².